The van der Waals surface area contributed by atoms with E-state index in [0.717, 1.165) is 37.3 Å². The number of aromatic nitrogens is 4. The molecule has 0 saturated heterocycles. The van der Waals surface area contributed by atoms with Crippen molar-refractivity contribution in [2.45, 2.75) is 44.2 Å². The number of hydrogen-bond donors (Lipinski definition) is 2. The Morgan fingerprint density at radius 3 is 2.89 bits per heavy atom. The summed E-state index contributed by atoms with van der Waals surface area (Å²) >= 11 is 0. The third kappa shape index (κ3) is 2.06. The van der Waals surface area contributed by atoms with Crippen molar-refractivity contribution < 1.29 is 5.11 Å². The lowest BCUT2D eigenvalue weighted by molar-refractivity contribution is 0.106. The van der Waals surface area contributed by atoms with Crippen molar-refractivity contribution in [2.75, 3.05) is 0 Å². The molecule has 2 N–H and O–H groups in total. The summed E-state index contributed by atoms with van der Waals surface area (Å²) in [6, 6.07) is 0.120. The molecule has 5 heteroatoms. The highest BCUT2D eigenvalue weighted by molar-refractivity contribution is 5.43. The molecule has 2 aromatic rings. The van der Waals surface area contributed by atoms with Gasteiger partial charge in [0.1, 0.15) is 0 Å². The number of aromatic amines is 1. The molecule has 2 atom stereocenters. The van der Waals surface area contributed by atoms with E-state index < -0.39 is 0 Å². The van der Waals surface area contributed by atoms with Crippen LogP contribution in [0.3, 0.4) is 0 Å². The Hall–Kier alpha value is -1.62. The van der Waals surface area contributed by atoms with Crippen LogP contribution < -0.4 is 0 Å². The van der Waals surface area contributed by atoms with E-state index in [1.807, 2.05) is 6.20 Å². The van der Waals surface area contributed by atoms with E-state index in [1.165, 1.54) is 6.42 Å². The number of nitrogens with one attached hydrogen (secondary N) is 1. The Balaban J connectivity index is 1.94. The quantitative estimate of drug-likeness (QED) is 0.798. The van der Waals surface area contributed by atoms with Crippen molar-refractivity contribution in [3.63, 3.8) is 0 Å². The highest BCUT2D eigenvalue weighted by Crippen LogP contribution is 2.30. The summed E-state index contributed by atoms with van der Waals surface area (Å²) in [6.45, 7) is 0. The minimum atomic E-state index is -0.282. The molecule has 0 aromatic carbocycles. The van der Waals surface area contributed by atoms with Crippen LogP contribution in [0.15, 0.2) is 24.8 Å². The number of nitrogens with zero attached hydrogens (tertiary/aromatic N) is 3. The zero-order chi connectivity index (χ0) is 12.4. The molecule has 3 rings (SSSR count). The molecule has 96 valence electrons. The second-order valence-electron chi connectivity index (χ2n) is 4.87. The molecule has 1 saturated carbocycles. The molecule has 0 aliphatic heterocycles. The summed E-state index contributed by atoms with van der Waals surface area (Å²) < 4.78 is 2.06. The van der Waals surface area contributed by atoms with E-state index in [1.54, 1.807) is 18.6 Å². The van der Waals surface area contributed by atoms with E-state index in [9.17, 15) is 5.11 Å². The lowest BCUT2D eigenvalue weighted by atomic mass is 10.1. The largest absolute Gasteiger partial charge is 0.391 e. The first-order valence-corrected chi connectivity index (χ1v) is 6.57. The zero-order valence-corrected chi connectivity index (χ0v) is 10.3. The Labute approximate surface area is 106 Å². The van der Waals surface area contributed by atoms with Gasteiger partial charge in [0, 0.05) is 24.8 Å². The summed E-state index contributed by atoms with van der Waals surface area (Å²) in [5.41, 5.74) is 0. The zero-order valence-electron chi connectivity index (χ0n) is 10.3. The van der Waals surface area contributed by atoms with Crippen molar-refractivity contribution in [3.05, 3.63) is 24.8 Å². The monoisotopic (exact) mass is 246 g/mol. The normalized spacial score (nSPS) is 24.9. The van der Waals surface area contributed by atoms with Crippen LogP contribution in [0.4, 0.5) is 0 Å². The minimum absolute atomic E-state index is 0.120. The summed E-state index contributed by atoms with van der Waals surface area (Å²) in [6.07, 6.45) is 12.3. The van der Waals surface area contributed by atoms with Gasteiger partial charge in [-0.1, -0.05) is 19.3 Å². The topological polar surface area (TPSA) is 66.7 Å². The van der Waals surface area contributed by atoms with Crippen LogP contribution in [-0.2, 0) is 0 Å². The number of hydrogen-bond acceptors (Lipinski definition) is 3. The molecule has 0 bridgehead atoms. The first-order chi connectivity index (χ1) is 8.86. The van der Waals surface area contributed by atoms with Crippen LogP contribution in [0, 0.1) is 0 Å². The fourth-order valence-electron chi connectivity index (χ4n) is 2.74. The second kappa shape index (κ2) is 4.94. The van der Waals surface area contributed by atoms with E-state index >= 15 is 0 Å². The molecule has 2 heterocycles. The van der Waals surface area contributed by atoms with Gasteiger partial charge < -0.3 is 14.7 Å². The maximum atomic E-state index is 10.3. The van der Waals surface area contributed by atoms with Crippen molar-refractivity contribution in [1.82, 2.24) is 19.5 Å². The van der Waals surface area contributed by atoms with Crippen molar-refractivity contribution >= 4 is 0 Å². The van der Waals surface area contributed by atoms with Crippen LogP contribution in [0.25, 0.3) is 11.6 Å². The van der Waals surface area contributed by atoms with Gasteiger partial charge in [-0.2, -0.15) is 0 Å². The van der Waals surface area contributed by atoms with Crippen molar-refractivity contribution in [1.29, 1.82) is 0 Å². The van der Waals surface area contributed by atoms with E-state index in [0.29, 0.717) is 0 Å². The van der Waals surface area contributed by atoms with Crippen LogP contribution in [-0.4, -0.2) is 30.7 Å². The number of aliphatic hydroxyl groups excluding tert-OH is 1. The highest BCUT2D eigenvalue weighted by Gasteiger charge is 2.25. The Morgan fingerprint density at radius 2 is 2.06 bits per heavy atom. The van der Waals surface area contributed by atoms with Gasteiger partial charge in [0.15, 0.2) is 11.6 Å². The minimum Gasteiger partial charge on any atom is -0.391 e. The maximum absolute atomic E-state index is 10.3. The average molecular weight is 246 g/mol. The van der Waals surface area contributed by atoms with Crippen LogP contribution in [0.5, 0.6) is 0 Å². The molecule has 0 radical (unpaired) electrons. The van der Waals surface area contributed by atoms with Gasteiger partial charge in [-0.3, -0.25) is 0 Å². The number of aliphatic hydroxyl groups is 1. The summed E-state index contributed by atoms with van der Waals surface area (Å²) in [7, 11) is 0. The Morgan fingerprint density at radius 1 is 1.17 bits per heavy atom. The molecule has 1 aliphatic carbocycles. The fourth-order valence-corrected chi connectivity index (χ4v) is 2.74. The van der Waals surface area contributed by atoms with E-state index in [4.69, 9.17) is 0 Å². The third-order valence-corrected chi connectivity index (χ3v) is 3.68. The van der Waals surface area contributed by atoms with Crippen molar-refractivity contribution in [3.8, 4) is 11.6 Å². The van der Waals surface area contributed by atoms with Crippen molar-refractivity contribution in [2.24, 2.45) is 0 Å². The van der Waals surface area contributed by atoms with Gasteiger partial charge in [0.25, 0.3) is 0 Å². The van der Waals surface area contributed by atoms with Gasteiger partial charge in [0.05, 0.1) is 12.1 Å². The summed E-state index contributed by atoms with van der Waals surface area (Å²) in [5, 5.41) is 10.3. The molecule has 2 aromatic heterocycles. The maximum Gasteiger partial charge on any atom is 0.176 e. The second-order valence-corrected chi connectivity index (χ2v) is 4.87. The predicted molar refractivity (Wildman–Crippen MR) is 67.9 cm³/mol. The standard InChI is InChI=1S/C13H18N4O/c18-11-5-3-1-2-4-10(11)17-9-8-16-13(17)12-14-6-7-15-12/h6-11,18H,1-5H2,(H,14,15)/t10-,11-/m1/s1. The number of imidazole rings is 2. The first kappa shape index (κ1) is 11.5. The van der Waals surface area contributed by atoms with Gasteiger partial charge >= 0.3 is 0 Å². The molecule has 0 spiro atoms. The highest BCUT2D eigenvalue weighted by atomic mass is 16.3. The van der Waals surface area contributed by atoms with Crippen LogP contribution in [0.2, 0.25) is 0 Å². The predicted octanol–water partition coefficient (Wildman–Crippen LogP) is 2.14. The van der Waals surface area contributed by atoms with E-state index in [2.05, 4.69) is 19.5 Å². The van der Waals surface area contributed by atoms with Crippen LogP contribution >= 0.6 is 0 Å². The molecule has 5 nitrogen and oxygen atoms in total. The van der Waals surface area contributed by atoms with Crippen LogP contribution in [0.1, 0.15) is 38.1 Å². The number of H-pyrrole nitrogens is 1. The molecule has 1 fully saturated rings. The fraction of sp³-hybridized carbons (Fsp3) is 0.538. The van der Waals surface area contributed by atoms with Gasteiger partial charge in [0.2, 0.25) is 0 Å². The summed E-state index contributed by atoms with van der Waals surface area (Å²) in [5.74, 6) is 1.57. The first-order valence-electron chi connectivity index (χ1n) is 6.57. The smallest absolute Gasteiger partial charge is 0.176 e. The molecule has 18 heavy (non-hydrogen) atoms. The lowest BCUT2D eigenvalue weighted by Gasteiger charge is -2.23. The summed E-state index contributed by atoms with van der Waals surface area (Å²) in [4.78, 5) is 11.7. The van der Waals surface area contributed by atoms with E-state index in [-0.39, 0.29) is 12.1 Å². The molecular weight excluding hydrogens is 228 g/mol. The average Bonchev–Trinajstić information content (AvgIpc) is 3.00. The SMILES string of the molecule is O[C@@H]1CCCCC[C@H]1n1ccnc1-c1ncc[nH]1. The van der Waals surface area contributed by atoms with Gasteiger partial charge in [-0.05, 0) is 12.8 Å². The lowest BCUT2D eigenvalue weighted by Crippen LogP contribution is -2.23. The molecule has 1 aliphatic rings. The molecular formula is C13H18N4O. The number of rotatable bonds is 2. The molecule has 0 amide bonds. The molecule has 0 unspecified atom stereocenters. The van der Waals surface area contributed by atoms with Gasteiger partial charge in [-0.25, -0.2) is 9.97 Å². The Bertz CT molecular complexity index is 491. The third-order valence-electron chi connectivity index (χ3n) is 3.68. The van der Waals surface area contributed by atoms with Gasteiger partial charge in [-0.15, -0.1) is 0 Å². The Kier molecular flexibility index (Phi) is 3.15.